The molecule has 2 aliphatic heterocycles. The molecule has 8 heteroatoms. The van der Waals surface area contributed by atoms with Crippen LogP contribution in [0.5, 0.6) is 0 Å². The zero-order valence-electron chi connectivity index (χ0n) is 16.8. The highest BCUT2D eigenvalue weighted by atomic mass is 16.5. The lowest BCUT2D eigenvalue weighted by Gasteiger charge is -2.31. The van der Waals surface area contributed by atoms with Gasteiger partial charge in [0.25, 0.3) is 0 Å². The maximum Gasteiger partial charge on any atom is 0.164 e. The summed E-state index contributed by atoms with van der Waals surface area (Å²) in [5.74, 6) is 1.72. The summed E-state index contributed by atoms with van der Waals surface area (Å²) in [5.41, 5.74) is 5.20. The molecule has 0 bridgehead atoms. The Bertz CT molecular complexity index is 1070. The van der Waals surface area contributed by atoms with Gasteiger partial charge < -0.3 is 19.5 Å². The Labute approximate surface area is 169 Å². The molecule has 1 saturated heterocycles. The highest BCUT2D eigenvalue weighted by Crippen LogP contribution is 2.30. The minimum absolute atomic E-state index is 0.731. The fourth-order valence-corrected chi connectivity index (χ4v) is 3.85. The molecule has 150 valence electrons. The van der Waals surface area contributed by atoms with Gasteiger partial charge in [0.1, 0.15) is 5.52 Å². The van der Waals surface area contributed by atoms with E-state index in [1.807, 2.05) is 23.0 Å². The number of hydrogen-bond acceptors (Lipinski definition) is 7. The normalized spacial score (nSPS) is 17.4. The molecule has 0 saturated carbocycles. The van der Waals surface area contributed by atoms with Crippen LogP contribution < -0.4 is 15.2 Å². The van der Waals surface area contributed by atoms with Crippen LogP contribution in [0.4, 0.5) is 11.5 Å². The minimum Gasteiger partial charge on any atom is -0.378 e. The molecular weight excluding hydrogens is 366 g/mol. The van der Waals surface area contributed by atoms with E-state index >= 15 is 0 Å². The molecule has 0 radical (unpaired) electrons. The molecule has 2 aliphatic rings. The number of pyridine rings is 1. The van der Waals surface area contributed by atoms with Crippen LogP contribution in [0.25, 0.3) is 11.2 Å². The Morgan fingerprint density at radius 1 is 1.10 bits per heavy atom. The van der Waals surface area contributed by atoms with Crippen molar-refractivity contribution in [1.82, 2.24) is 19.9 Å². The number of aryl methyl sites for hydroxylation is 2. The lowest BCUT2D eigenvalue weighted by Crippen LogP contribution is -2.41. The number of imidazole rings is 1. The number of ether oxygens (including phenoxy) is 1. The summed E-state index contributed by atoms with van der Waals surface area (Å²) in [6, 6.07) is 10.5. The van der Waals surface area contributed by atoms with Gasteiger partial charge in [-0.3, -0.25) is 0 Å². The molecule has 3 aromatic rings. The standard InChI is InChI=1S/C21H25N7O/c1-15-4-3-5-16(12-15)20-22-6-7-28(25-20)18-13-17(27-8-10-29-11-9-27)19-21(24-18)26(2)14-23-19/h3-5,12-14H,6-11H2,1-2H3,(H,22,25). The molecule has 0 atom stereocenters. The van der Waals surface area contributed by atoms with Crippen LogP contribution >= 0.6 is 0 Å². The fourth-order valence-electron chi connectivity index (χ4n) is 3.85. The second-order valence-corrected chi connectivity index (χ2v) is 7.49. The molecule has 29 heavy (non-hydrogen) atoms. The van der Waals surface area contributed by atoms with Crippen molar-refractivity contribution < 1.29 is 4.74 Å². The maximum absolute atomic E-state index is 5.53. The van der Waals surface area contributed by atoms with E-state index in [1.165, 1.54) is 5.56 Å². The Kier molecular flexibility index (Phi) is 4.55. The second-order valence-electron chi connectivity index (χ2n) is 7.49. The Balaban J connectivity index is 1.57. The third-order valence-electron chi connectivity index (χ3n) is 5.38. The molecule has 1 fully saturated rings. The summed E-state index contributed by atoms with van der Waals surface area (Å²) in [6.07, 6.45) is 1.82. The van der Waals surface area contributed by atoms with Crippen molar-refractivity contribution in [2.45, 2.75) is 6.92 Å². The number of anilines is 2. The van der Waals surface area contributed by atoms with Crippen LogP contribution in [0.15, 0.2) is 41.8 Å². The number of fused-ring (bicyclic) bond motifs is 1. The molecule has 8 nitrogen and oxygen atoms in total. The molecule has 5 rings (SSSR count). The fraction of sp³-hybridized carbons (Fsp3) is 0.381. The van der Waals surface area contributed by atoms with Crippen molar-refractivity contribution in [2.75, 3.05) is 49.3 Å². The Morgan fingerprint density at radius 3 is 2.79 bits per heavy atom. The van der Waals surface area contributed by atoms with Crippen molar-refractivity contribution in [1.29, 1.82) is 0 Å². The SMILES string of the molecule is Cc1cccc(C2=NN(c3cc(N4CCOCC4)c4ncn(C)c4n3)CCN2)c1. The topological polar surface area (TPSA) is 70.8 Å². The number of amidine groups is 1. The largest absolute Gasteiger partial charge is 0.378 e. The molecule has 1 aromatic carbocycles. The lowest BCUT2D eigenvalue weighted by atomic mass is 10.1. The van der Waals surface area contributed by atoms with Crippen LogP contribution in [-0.2, 0) is 11.8 Å². The number of aromatic nitrogens is 3. The number of hydrogen-bond donors (Lipinski definition) is 1. The molecule has 4 heterocycles. The monoisotopic (exact) mass is 391 g/mol. The first-order valence-electron chi connectivity index (χ1n) is 10.0. The van der Waals surface area contributed by atoms with Crippen molar-refractivity contribution in [3.05, 3.63) is 47.8 Å². The number of rotatable bonds is 3. The highest BCUT2D eigenvalue weighted by molar-refractivity contribution is 6.00. The van der Waals surface area contributed by atoms with Crippen LogP contribution in [0.2, 0.25) is 0 Å². The molecule has 0 aliphatic carbocycles. The van der Waals surface area contributed by atoms with E-state index in [1.54, 1.807) is 0 Å². The molecule has 2 aromatic heterocycles. The van der Waals surface area contributed by atoms with Gasteiger partial charge in [0.15, 0.2) is 17.3 Å². The van der Waals surface area contributed by atoms with Gasteiger partial charge in [-0.1, -0.05) is 23.8 Å². The van der Waals surface area contributed by atoms with E-state index in [4.69, 9.17) is 14.8 Å². The summed E-state index contributed by atoms with van der Waals surface area (Å²) in [6.45, 7) is 6.84. The van der Waals surface area contributed by atoms with E-state index in [0.717, 1.165) is 73.5 Å². The van der Waals surface area contributed by atoms with Gasteiger partial charge in [-0.2, -0.15) is 5.10 Å². The van der Waals surface area contributed by atoms with E-state index in [0.29, 0.717) is 0 Å². The summed E-state index contributed by atoms with van der Waals surface area (Å²) in [7, 11) is 1.98. The van der Waals surface area contributed by atoms with Crippen LogP contribution in [0, 0.1) is 6.92 Å². The zero-order valence-corrected chi connectivity index (χ0v) is 16.8. The zero-order chi connectivity index (χ0) is 19.8. The van der Waals surface area contributed by atoms with Crippen molar-refractivity contribution in [3.63, 3.8) is 0 Å². The third-order valence-corrected chi connectivity index (χ3v) is 5.38. The first kappa shape index (κ1) is 17.9. The van der Waals surface area contributed by atoms with E-state index in [9.17, 15) is 0 Å². The lowest BCUT2D eigenvalue weighted by molar-refractivity contribution is 0.123. The second kappa shape index (κ2) is 7.36. The van der Waals surface area contributed by atoms with Crippen molar-refractivity contribution >= 4 is 28.5 Å². The minimum atomic E-state index is 0.731. The number of nitrogens with zero attached hydrogens (tertiary/aromatic N) is 6. The molecular formula is C21H25N7O. The molecule has 0 amide bonds. The third kappa shape index (κ3) is 3.40. The van der Waals surface area contributed by atoms with Crippen LogP contribution in [0.3, 0.4) is 0 Å². The van der Waals surface area contributed by atoms with Gasteiger partial charge in [-0.05, 0) is 13.0 Å². The quantitative estimate of drug-likeness (QED) is 0.735. The molecule has 0 spiro atoms. The highest BCUT2D eigenvalue weighted by Gasteiger charge is 2.22. The van der Waals surface area contributed by atoms with Gasteiger partial charge in [0, 0.05) is 38.3 Å². The van der Waals surface area contributed by atoms with Gasteiger partial charge in [0.05, 0.1) is 31.8 Å². The van der Waals surface area contributed by atoms with Gasteiger partial charge in [0.2, 0.25) is 0 Å². The van der Waals surface area contributed by atoms with E-state index in [2.05, 4.69) is 52.5 Å². The van der Waals surface area contributed by atoms with Gasteiger partial charge in [-0.15, -0.1) is 0 Å². The van der Waals surface area contributed by atoms with Crippen molar-refractivity contribution in [3.8, 4) is 0 Å². The number of benzene rings is 1. The van der Waals surface area contributed by atoms with Crippen LogP contribution in [-0.4, -0.2) is 59.8 Å². The summed E-state index contributed by atoms with van der Waals surface area (Å²) in [4.78, 5) is 11.8. The average molecular weight is 391 g/mol. The summed E-state index contributed by atoms with van der Waals surface area (Å²) in [5, 5.41) is 10.3. The first-order valence-corrected chi connectivity index (χ1v) is 10.0. The summed E-state index contributed by atoms with van der Waals surface area (Å²) < 4.78 is 7.50. The van der Waals surface area contributed by atoms with E-state index in [-0.39, 0.29) is 0 Å². The Morgan fingerprint density at radius 2 is 1.97 bits per heavy atom. The predicted molar refractivity (Wildman–Crippen MR) is 115 cm³/mol. The number of morpholine rings is 1. The van der Waals surface area contributed by atoms with Crippen LogP contribution in [0.1, 0.15) is 11.1 Å². The number of hydrazone groups is 1. The predicted octanol–water partition coefficient (Wildman–Crippen LogP) is 1.88. The Hall–Kier alpha value is -3.13. The number of nitrogens with one attached hydrogen (secondary N) is 1. The molecule has 1 N–H and O–H groups in total. The van der Waals surface area contributed by atoms with E-state index < -0.39 is 0 Å². The average Bonchev–Trinajstić information content (AvgIpc) is 3.15. The van der Waals surface area contributed by atoms with Gasteiger partial charge in [-0.25, -0.2) is 15.0 Å². The van der Waals surface area contributed by atoms with Crippen molar-refractivity contribution in [2.24, 2.45) is 12.1 Å². The summed E-state index contributed by atoms with van der Waals surface area (Å²) >= 11 is 0. The molecule has 0 unspecified atom stereocenters. The van der Waals surface area contributed by atoms with Gasteiger partial charge >= 0.3 is 0 Å². The first-order chi connectivity index (χ1) is 14.2. The smallest absolute Gasteiger partial charge is 0.164 e. The maximum atomic E-state index is 5.53.